The summed E-state index contributed by atoms with van der Waals surface area (Å²) in [6.07, 6.45) is 2.39. The van der Waals surface area contributed by atoms with E-state index in [0.29, 0.717) is 13.1 Å². The van der Waals surface area contributed by atoms with Gasteiger partial charge in [-0.05, 0) is 12.1 Å². The molecule has 0 aliphatic rings. The summed E-state index contributed by atoms with van der Waals surface area (Å²) in [5, 5.41) is 2.59. The Kier molecular flexibility index (Phi) is 5.35. The molecule has 4 nitrogen and oxygen atoms in total. The number of aromatic nitrogens is 1. The molecule has 0 saturated carbocycles. The lowest BCUT2D eigenvalue weighted by molar-refractivity contribution is 0.0935. The van der Waals surface area contributed by atoms with Crippen LogP contribution in [0.15, 0.2) is 30.5 Å². The zero-order valence-electron chi connectivity index (χ0n) is 9.27. The molecule has 0 fully saturated rings. The topological polar surface area (TPSA) is 60.0 Å². The van der Waals surface area contributed by atoms with E-state index in [1.54, 1.807) is 18.2 Å². The van der Waals surface area contributed by atoms with Gasteiger partial charge in [0.1, 0.15) is 5.69 Å². The van der Waals surface area contributed by atoms with E-state index in [2.05, 4.69) is 5.32 Å². The van der Waals surface area contributed by atoms with Crippen LogP contribution >= 0.6 is 0 Å². The molecule has 0 aliphatic heterocycles. The van der Waals surface area contributed by atoms with Gasteiger partial charge in [-0.2, -0.15) is 0 Å². The standard InChI is InChI=1S/C11H15F2N3O/c12-10(13)8-16-7-3-4-9(16)11(17)15-6-2-1-5-14/h1-4,7,10H,5-6,8,14H2,(H,15,17)/b2-1+. The SMILES string of the molecule is NC/C=C/CNC(=O)c1cccn1CC(F)F. The first-order chi connectivity index (χ1) is 8.15. The number of hydrogen-bond donors (Lipinski definition) is 2. The smallest absolute Gasteiger partial charge is 0.268 e. The van der Waals surface area contributed by atoms with E-state index in [1.165, 1.54) is 16.8 Å². The van der Waals surface area contributed by atoms with E-state index in [1.807, 2.05) is 0 Å². The van der Waals surface area contributed by atoms with Crippen LogP contribution in [0.5, 0.6) is 0 Å². The fourth-order valence-corrected chi connectivity index (χ4v) is 1.35. The van der Waals surface area contributed by atoms with Crippen molar-refractivity contribution in [3.8, 4) is 0 Å². The van der Waals surface area contributed by atoms with Crippen molar-refractivity contribution in [2.24, 2.45) is 5.73 Å². The Morgan fingerprint density at radius 1 is 1.53 bits per heavy atom. The van der Waals surface area contributed by atoms with Crippen LogP contribution in [-0.4, -0.2) is 30.0 Å². The summed E-state index contributed by atoms with van der Waals surface area (Å²) in [5.41, 5.74) is 5.46. The molecule has 1 aromatic rings. The van der Waals surface area contributed by atoms with Gasteiger partial charge in [0.05, 0.1) is 6.54 Å². The molecule has 94 valence electrons. The summed E-state index contributed by atoms with van der Waals surface area (Å²) in [5.74, 6) is -0.377. The third-order valence-electron chi connectivity index (χ3n) is 2.08. The van der Waals surface area contributed by atoms with Crippen molar-refractivity contribution >= 4 is 5.91 Å². The van der Waals surface area contributed by atoms with Gasteiger partial charge in [-0.3, -0.25) is 4.79 Å². The molecule has 6 heteroatoms. The molecule has 0 aromatic carbocycles. The number of hydrogen-bond acceptors (Lipinski definition) is 2. The van der Waals surface area contributed by atoms with Crippen LogP contribution in [0.1, 0.15) is 10.5 Å². The number of nitrogens with two attached hydrogens (primary N) is 1. The van der Waals surface area contributed by atoms with Gasteiger partial charge < -0.3 is 15.6 Å². The van der Waals surface area contributed by atoms with Crippen LogP contribution in [0.25, 0.3) is 0 Å². The van der Waals surface area contributed by atoms with Crippen molar-refractivity contribution in [2.75, 3.05) is 13.1 Å². The molecular formula is C11H15F2N3O. The Morgan fingerprint density at radius 2 is 2.29 bits per heavy atom. The summed E-state index contributed by atoms with van der Waals surface area (Å²) in [7, 11) is 0. The van der Waals surface area contributed by atoms with Crippen LogP contribution in [-0.2, 0) is 6.54 Å². The molecule has 1 amide bonds. The fraction of sp³-hybridized carbons (Fsp3) is 0.364. The van der Waals surface area contributed by atoms with Crippen molar-refractivity contribution in [3.05, 3.63) is 36.2 Å². The van der Waals surface area contributed by atoms with E-state index in [0.717, 1.165) is 0 Å². The fourth-order valence-electron chi connectivity index (χ4n) is 1.35. The molecule has 0 atom stereocenters. The van der Waals surface area contributed by atoms with Gasteiger partial charge >= 0.3 is 0 Å². The van der Waals surface area contributed by atoms with E-state index in [9.17, 15) is 13.6 Å². The zero-order chi connectivity index (χ0) is 12.7. The van der Waals surface area contributed by atoms with Crippen LogP contribution in [0.2, 0.25) is 0 Å². The lowest BCUT2D eigenvalue weighted by Gasteiger charge is -2.08. The van der Waals surface area contributed by atoms with Crippen molar-refractivity contribution < 1.29 is 13.6 Å². The van der Waals surface area contributed by atoms with Gasteiger partial charge in [-0.1, -0.05) is 12.2 Å². The molecule has 17 heavy (non-hydrogen) atoms. The monoisotopic (exact) mass is 243 g/mol. The number of nitrogens with one attached hydrogen (secondary N) is 1. The van der Waals surface area contributed by atoms with Crippen molar-refractivity contribution in [1.82, 2.24) is 9.88 Å². The highest BCUT2D eigenvalue weighted by atomic mass is 19.3. The van der Waals surface area contributed by atoms with E-state index in [4.69, 9.17) is 5.73 Å². The van der Waals surface area contributed by atoms with E-state index < -0.39 is 13.0 Å². The Morgan fingerprint density at radius 3 is 2.94 bits per heavy atom. The van der Waals surface area contributed by atoms with Gasteiger partial charge in [0.2, 0.25) is 0 Å². The van der Waals surface area contributed by atoms with E-state index >= 15 is 0 Å². The Balaban J connectivity index is 2.56. The number of carbonyl (C=O) groups excluding carboxylic acids is 1. The number of alkyl halides is 2. The minimum absolute atomic E-state index is 0.228. The third kappa shape index (κ3) is 4.36. The molecule has 0 unspecified atom stereocenters. The van der Waals surface area contributed by atoms with Crippen LogP contribution in [0, 0.1) is 0 Å². The van der Waals surface area contributed by atoms with Crippen molar-refractivity contribution in [1.29, 1.82) is 0 Å². The first-order valence-corrected chi connectivity index (χ1v) is 5.21. The summed E-state index contributed by atoms with van der Waals surface area (Å²) in [4.78, 5) is 11.6. The molecule has 0 bridgehead atoms. The number of halogens is 2. The average Bonchev–Trinajstić information content (AvgIpc) is 2.71. The van der Waals surface area contributed by atoms with Crippen molar-refractivity contribution in [2.45, 2.75) is 13.0 Å². The second kappa shape index (κ2) is 6.80. The molecule has 1 rings (SSSR count). The lowest BCUT2D eigenvalue weighted by atomic mass is 10.4. The Hall–Kier alpha value is -1.69. The van der Waals surface area contributed by atoms with Crippen molar-refractivity contribution in [3.63, 3.8) is 0 Å². The average molecular weight is 243 g/mol. The number of carbonyl (C=O) groups is 1. The molecule has 3 N–H and O–H groups in total. The van der Waals surface area contributed by atoms with Crippen LogP contribution in [0.4, 0.5) is 8.78 Å². The first-order valence-electron chi connectivity index (χ1n) is 5.21. The number of nitrogens with zero attached hydrogens (tertiary/aromatic N) is 1. The highest BCUT2D eigenvalue weighted by Gasteiger charge is 2.12. The third-order valence-corrected chi connectivity index (χ3v) is 2.08. The second-order valence-electron chi connectivity index (χ2n) is 3.35. The lowest BCUT2D eigenvalue weighted by Crippen LogP contribution is -2.26. The predicted octanol–water partition coefficient (Wildman–Crippen LogP) is 0.998. The molecule has 1 heterocycles. The highest BCUT2D eigenvalue weighted by molar-refractivity contribution is 5.92. The molecule has 1 aromatic heterocycles. The number of rotatable bonds is 6. The minimum Gasteiger partial charge on any atom is -0.347 e. The minimum atomic E-state index is -2.48. The van der Waals surface area contributed by atoms with Gasteiger partial charge in [0, 0.05) is 19.3 Å². The maximum Gasteiger partial charge on any atom is 0.268 e. The Labute approximate surface area is 98.1 Å². The maximum absolute atomic E-state index is 12.2. The molecule has 0 saturated heterocycles. The molecule has 0 spiro atoms. The van der Waals surface area contributed by atoms with Crippen LogP contribution < -0.4 is 11.1 Å². The normalized spacial score (nSPS) is 11.3. The Bertz CT molecular complexity index is 388. The van der Waals surface area contributed by atoms with Gasteiger partial charge in [0.15, 0.2) is 0 Å². The molecular weight excluding hydrogens is 228 g/mol. The molecule has 0 radical (unpaired) electrons. The predicted molar refractivity (Wildman–Crippen MR) is 61.0 cm³/mol. The van der Waals surface area contributed by atoms with Gasteiger partial charge in [-0.15, -0.1) is 0 Å². The van der Waals surface area contributed by atoms with Crippen LogP contribution in [0.3, 0.4) is 0 Å². The van der Waals surface area contributed by atoms with Gasteiger partial charge in [0.25, 0.3) is 12.3 Å². The summed E-state index contributed by atoms with van der Waals surface area (Å²) in [6.45, 7) is 0.252. The summed E-state index contributed by atoms with van der Waals surface area (Å²) < 4.78 is 25.7. The molecule has 0 aliphatic carbocycles. The highest BCUT2D eigenvalue weighted by Crippen LogP contribution is 2.06. The van der Waals surface area contributed by atoms with E-state index in [-0.39, 0.29) is 11.6 Å². The first kappa shape index (κ1) is 13.4. The quantitative estimate of drug-likeness (QED) is 0.732. The summed E-state index contributed by atoms with van der Waals surface area (Å²) >= 11 is 0. The largest absolute Gasteiger partial charge is 0.347 e. The van der Waals surface area contributed by atoms with Gasteiger partial charge in [-0.25, -0.2) is 8.78 Å². The maximum atomic E-state index is 12.2. The summed E-state index contributed by atoms with van der Waals surface area (Å²) in [6, 6.07) is 3.07. The zero-order valence-corrected chi connectivity index (χ0v) is 9.27. The number of amides is 1. The second-order valence-corrected chi connectivity index (χ2v) is 3.35.